The number of carbonyl (C=O) groups is 4. The van der Waals surface area contributed by atoms with E-state index >= 15 is 0 Å². The molecule has 1 unspecified atom stereocenters. The van der Waals surface area contributed by atoms with Crippen LogP contribution in [0.2, 0.25) is 0 Å². The van der Waals surface area contributed by atoms with Crippen LogP contribution in [0, 0.1) is 0 Å². The van der Waals surface area contributed by atoms with E-state index in [-0.39, 0.29) is 18.7 Å². The monoisotopic (exact) mass is 299 g/mol. The van der Waals surface area contributed by atoms with Gasteiger partial charge in [0, 0.05) is 19.5 Å². The maximum Gasteiger partial charge on any atom is 0.322 e. The molecule has 1 fully saturated rings. The van der Waals surface area contributed by atoms with Crippen molar-refractivity contribution in [3.8, 4) is 0 Å². The second kappa shape index (κ2) is 8.23. The lowest BCUT2D eigenvalue weighted by Crippen LogP contribution is -2.51. The second-order valence-corrected chi connectivity index (χ2v) is 5.02. The number of carboxylic acid groups (broad SMARTS) is 1. The summed E-state index contributed by atoms with van der Waals surface area (Å²) >= 11 is 0. The summed E-state index contributed by atoms with van der Waals surface area (Å²) in [5.41, 5.74) is 0. The first kappa shape index (κ1) is 16.9. The van der Waals surface area contributed by atoms with Crippen LogP contribution in [-0.4, -0.2) is 53.0 Å². The zero-order valence-electron chi connectivity index (χ0n) is 12.1. The van der Waals surface area contributed by atoms with E-state index < -0.39 is 23.9 Å². The first-order valence-corrected chi connectivity index (χ1v) is 7.01. The van der Waals surface area contributed by atoms with Gasteiger partial charge in [-0.1, -0.05) is 0 Å². The Morgan fingerprint density at radius 1 is 1.10 bits per heavy atom. The number of piperidine rings is 1. The number of rotatable bonds is 5. The second-order valence-electron chi connectivity index (χ2n) is 5.02. The van der Waals surface area contributed by atoms with Gasteiger partial charge in [-0.3, -0.25) is 19.7 Å². The molecule has 4 amide bonds. The highest BCUT2D eigenvalue weighted by molar-refractivity contribution is 5.97. The van der Waals surface area contributed by atoms with E-state index in [2.05, 4.69) is 5.32 Å². The van der Waals surface area contributed by atoms with Crippen LogP contribution in [0.1, 0.15) is 39.0 Å². The van der Waals surface area contributed by atoms with Crippen molar-refractivity contribution in [3.63, 3.8) is 0 Å². The first-order valence-electron chi connectivity index (χ1n) is 7.01. The van der Waals surface area contributed by atoms with Crippen LogP contribution >= 0.6 is 0 Å². The molecule has 1 aliphatic rings. The summed E-state index contributed by atoms with van der Waals surface area (Å²) in [6.07, 6.45) is 2.39. The maximum atomic E-state index is 12.1. The highest BCUT2D eigenvalue weighted by Gasteiger charge is 2.23. The van der Waals surface area contributed by atoms with Crippen molar-refractivity contribution in [1.82, 2.24) is 15.5 Å². The van der Waals surface area contributed by atoms with Crippen LogP contribution in [0.15, 0.2) is 0 Å². The van der Waals surface area contributed by atoms with E-state index in [1.165, 1.54) is 0 Å². The molecule has 118 valence electrons. The summed E-state index contributed by atoms with van der Waals surface area (Å²) in [6.45, 7) is 2.92. The molecule has 1 saturated heterocycles. The summed E-state index contributed by atoms with van der Waals surface area (Å²) in [5, 5.41) is 12.8. The number of nitrogens with zero attached hydrogens (tertiary/aromatic N) is 1. The van der Waals surface area contributed by atoms with Crippen molar-refractivity contribution in [2.24, 2.45) is 0 Å². The van der Waals surface area contributed by atoms with Crippen LogP contribution < -0.4 is 10.6 Å². The van der Waals surface area contributed by atoms with Gasteiger partial charge in [0.05, 0.1) is 6.42 Å². The van der Waals surface area contributed by atoms with Crippen molar-refractivity contribution in [3.05, 3.63) is 0 Å². The van der Waals surface area contributed by atoms with Crippen LogP contribution in [0.25, 0.3) is 0 Å². The van der Waals surface area contributed by atoms with Gasteiger partial charge in [0.25, 0.3) is 0 Å². The third-order valence-corrected chi connectivity index (χ3v) is 3.20. The zero-order chi connectivity index (χ0) is 15.8. The Hall–Kier alpha value is -2.12. The Balaban J connectivity index is 2.33. The molecule has 0 aromatic rings. The van der Waals surface area contributed by atoms with Crippen LogP contribution in [0.5, 0.6) is 0 Å². The minimum atomic E-state index is -1.11. The van der Waals surface area contributed by atoms with Gasteiger partial charge in [-0.05, 0) is 26.2 Å². The number of urea groups is 1. The van der Waals surface area contributed by atoms with Gasteiger partial charge in [0.15, 0.2) is 0 Å². The number of hydrogen-bond donors (Lipinski definition) is 3. The number of aliphatic carboxylic acids is 1. The Morgan fingerprint density at radius 2 is 1.71 bits per heavy atom. The summed E-state index contributed by atoms with van der Waals surface area (Å²) in [4.78, 5) is 46.9. The fourth-order valence-corrected chi connectivity index (χ4v) is 2.09. The van der Waals surface area contributed by atoms with Crippen molar-refractivity contribution in [2.75, 3.05) is 13.1 Å². The van der Waals surface area contributed by atoms with Crippen molar-refractivity contribution in [1.29, 1.82) is 0 Å². The van der Waals surface area contributed by atoms with E-state index in [1.54, 1.807) is 11.8 Å². The van der Waals surface area contributed by atoms with E-state index in [4.69, 9.17) is 5.11 Å². The molecule has 21 heavy (non-hydrogen) atoms. The smallest absolute Gasteiger partial charge is 0.322 e. The molecule has 1 aliphatic heterocycles. The Labute approximate surface area is 122 Å². The van der Waals surface area contributed by atoms with Crippen molar-refractivity contribution >= 4 is 23.8 Å². The van der Waals surface area contributed by atoms with E-state index in [0.717, 1.165) is 19.3 Å². The third-order valence-electron chi connectivity index (χ3n) is 3.20. The lowest BCUT2D eigenvalue weighted by molar-refractivity contribution is -0.138. The van der Waals surface area contributed by atoms with Gasteiger partial charge in [-0.15, -0.1) is 0 Å². The van der Waals surface area contributed by atoms with Crippen LogP contribution in [0.4, 0.5) is 4.79 Å². The molecule has 0 aromatic heterocycles. The fourth-order valence-electron chi connectivity index (χ4n) is 2.09. The van der Waals surface area contributed by atoms with E-state index in [9.17, 15) is 19.2 Å². The van der Waals surface area contributed by atoms with Crippen molar-refractivity contribution < 1.29 is 24.3 Å². The summed E-state index contributed by atoms with van der Waals surface area (Å²) < 4.78 is 0. The molecule has 0 saturated carbocycles. The normalized spacial score (nSPS) is 16.0. The Bertz CT molecular complexity index is 418. The molecule has 0 bridgehead atoms. The number of nitrogens with one attached hydrogen (secondary N) is 2. The molecule has 1 heterocycles. The van der Waals surface area contributed by atoms with Gasteiger partial charge in [-0.25, -0.2) is 4.79 Å². The van der Waals surface area contributed by atoms with E-state index in [0.29, 0.717) is 13.1 Å². The molecule has 0 aliphatic carbocycles. The molecule has 0 aromatic carbocycles. The molecule has 8 nitrogen and oxygen atoms in total. The average Bonchev–Trinajstić information content (AvgIpc) is 2.45. The number of carboxylic acids is 1. The molecule has 0 radical (unpaired) electrons. The minimum Gasteiger partial charge on any atom is -0.481 e. The van der Waals surface area contributed by atoms with Crippen molar-refractivity contribution in [2.45, 2.75) is 45.1 Å². The standard InChI is InChI=1S/C13H21N3O5/c1-9(12(20)16-7-3-2-4-8-16)14-13(21)15-10(17)5-6-11(18)19/h9H,2-8H2,1H3,(H,18,19)(H2,14,15,17,21). The SMILES string of the molecule is CC(NC(=O)NC(=O)CCC(=O)O)C(=O)N1CCCCC1. The number of amides is 4. The first-order chi connectivity index (χ1) is 9.90. The number of carbonyl (C=O) groups excluding carboxylic acids is 3. The molecular weight excluding hydrogens is 278 g/mol. The molecule has 8 heteroatoms. The van der Waals surface area contributed by atoms with Gasteiger partial charge in [0.1, 0.15) is 6.04 Å². The van der Waals surface area contributed by atoms with Gasteiger partial charge in [-0.2, -0.15) is 0 Å². The lowest BCUT2D eigenvalue weighted by atomic mass is 10.1. The molecular formula is C13H21N3O5. The largest absolute Gasteiger partial charge is 0.481 e. The number of hydrogen-bond acceptors (Lipinski definition) is 4. The molecule has 1 atom stereocenters. The number of imide groups is 1. The van der Waals surface area contributed by atoms with Crippen LogP contribution in [-0.2, 0) is 14.4 Å². The minimum absolute atomic E-state index is 0.178. The Morgan fingerprint density at radius 3 is 2.29 bits per heavy atom. The maximum absolute atomic E-state index is 12.1. The van der Waals surface area contributed by atoms with Gasteiger partial charge in [0.2, 0.25) is 11.8 Å². The van der Waals surface area contributed by atoms with E-state index in [1.807, 2.05) is 5.32 Å². The topological polar surface area (TPSA) is 116 Å². The summed E-state index contributed by atoms with van der Waals surface area (Å²) in [7, 11) is 0. The highest BCUT2D eigenvalue weighted by atomic mass is 16.4. The molecule has 1 rings (SSSR count). The predicted octanol–water partition coefficient (Wildman–Crippen LogP) is 0.0780. The quantitative estimate of drug-likeness (QED) is 0.664. The Kier molecular flexibility index (Phi) is 6.64. The average molecular weight is 299 g/mol. The zero-order valence-corrected chi connectivity index (χ0v) is 12.1. The number of likely N-dealkylation sites (tertiary alicyclic amines) is 1. The highest BCUT2D eigenvalue weighted by Crippen LogP contribution is 2.09. The van der Waals surface area contributed by atoms with Gasteiger partial charge >= 0.3 is 12.0 Å². The van der Waals surface area contributed by atoms with Gasteiger partial charge < -0.3 is 15.3 Å². The fraction of sp³-hybridized carbons (Fsp3) is 0.692. The molecule has 0 spiro atoms. The summed E-state index contributed by atoms with van der Waals surface area (Å²) in [6, 6.07) is -1.52. The summed E-state index contributed by atoms with van der Waals surface area (Å²) in [5.74, 6) is -1.98. The molecule has 3 N–H and O–H groups in total. The van der Waals surface area contributed by atoms with Crippen LogP contribution in [0.3, 0.4) is 0 Å². The predicted molar refractivity (Wildman–Crippen MR) is 73.4 cm³/mol. The lowest BCUT2D eigenvalue weighted by Gasteiger charge is -2.29. The third kappa shape index (κ3) is 6.24.